The molecule has 0 fully saturated rings. The highest BCUT2D eigenvalue weighted by Gasteiger charge is 1.96. The van der Waals surface area contributed by atoms with Gasteiger partial charge in [-0.05, 0) is 39.3 Å². The molecule has 2 heteroatoms. The molecule has 86 valence electrons. The van der Waals surface area contributed by atoms with Crippen molar-refractivity contribution < 1.29 is 4.74 Å². The number of rotatable bonds is 3. The molecule has 0 saturated heterocycles. The lowest BCUT2D eigenvalue weighted by Crippen LogP contribution is -2.10. The summed E-state index contributed by atoms with van der Waals surface area (Å²) in [4.78, 5) is 0. The summed E-state index contributed by atoms with van der Waals surface area (Å²) < 4.78 is 4.54. The summed E-state index contributed by atoms with van der Waals surface area (Å²) in [7, 11) is 1.68. The van der Waals surface area contributed by atoms with Gasteiger partial charge in [-0.25, -0.2) is 0 Å². The van der Waals surface area contributed by atoms with Gasteiger partial charge in [0.25, 0.3) is 0 Å². The molecule has 2 nitrogen and oxygen atoms in total. The van der Waals surface area contributed by atoms with Crippen LogP contribution in [0.5, 0.6) is 0 Å². The standard InChI is InChI=1S/C10H15N.C3H8O/c1-8(2)11-10-7-5-4-6-9(10)3;1-3-4-2/h4-8,11H,1-3H3;3H2,1-2H3. The SMILES string of the molecule is CCOC.Cc1ccccc1NC(C)C. The minimum atomic E-state index is 0.510. The molecule has 1 rings (SSSR count). The van der Waals surface area contributed by atoms with Crippen LogP contribution in [0, 0.1) is 6.92 Å². The molecule has 0 aromatic heterocycles. The zero-order chi connectivity index (χ0) is 11.7. The predicted molar refractivity (Wildman–Crippen MR) is 67.5 cm³/mol. The number of aryl methyl sites for hydroxylation is 1. The summed E-state index contributed by atoms with van der Waals surface area (Å²) in [6.07, 6.45) is 0. The predicted octanol–water partition coefficient (Wildman–Crippen LogP) is 3.47. The van der Waals surface area contributed by atoms with Gasteiger partial charge in [0.15, 0.2) is 0 Å². The van der Waals surface area contributed by atoms with Crippen molar-refractivity contribution in [2.24, 2.45) is 0 Å². The van der Waals surface area contributed by atoms with E-state index in [1.807, 2.05) is 6.92 Å². The van der Waals surface area contributed by atoms with Crippen molar-refractivity contribution in [1.82, 2.24) is 0 Å². The fourth-order valence-corrected chi connectivity index (χ4v) is 1.05. The van der Waals surface area contributed by atoms with Crippen LogP contribution in [0.25, 0.3) is 0 Å². The first-order valence-electron chi connectivity index (χ1n) is 5.42. The van der Waals surface area contributed by atoms with Crippen LogP contribution in [0.2, 0.25) is 0 Å². The molecule has 0 saturated carbocycles. The maximum atomic E-state index is 4.54. The second-order valence-corrected chi connectivity index (χ2v) is 3.69. The van der Waals surface area contributed by atoms with Crippen molar-refractivity contribution in [1.29, 1.82) is 0 Å². The summed E-state index contributed by atoms with van der Waals surface area (Å²) >= 11 is 0. The fourth-order valence-electron chi connectivity index (χ4n) is 1.05. The topological polar surface area (TPSA) is 21.3 Å². The van der Waals surface area contributed by atoms with Crippen molar-refractivity contribution in [2.75, 3.05) is 19.0 Å². The summed E-state index contributed by atoms with van der Waals surface area (Å²) in [5.74, 6) is 0. The van der Waals surface area contributed by atoms with Crippen LogP contribution in [0.4, 0.5) is 5.69 Å². The van der Waals surface area contributed by atoms with E-state index < -0.39 is 0 Å². The van der Waals surface area contributed by atoms with Gasteiger partial charge < -0.3 is 10.1 Å². The van der Waals surface area contributed by atoms with Crippen molar-refractivity contribution in [2.45, 2.75) is 33.7 Å². The second kappa shape index (κ2) is 8.30. The minimum Gasteiger partial charge on any atom is -0.385 e. The Kier molecular flexibility index (Phi) is 7.74. The number of hydrogen-bond donors (Lipinski definition) is 1. The maximum Gasteiger partial charge on any atom is 0.0433 e. The van der Waals surface area contributed by atoms with Gasteiger partial charge in [0, 0.05) is 25.4 Å². The first kappa shape index (κ1) is 14.0. The smallest absolute Gasteiger partial charge is 0.0433 e. The highest BCUT2D eigenvalue weighted by Crippen LogP contribution is 2.13. The van der Waals surface area contributed by atoms with Crippen LogP contribution >= 0.6 is 0 Å². The van der Waals surface area contributed by atoms with Crippen LogP contribution in [-0.4, -0.2) is 19.8 Å². The first-order chi connectivity index (χ1) is 7.11. The average molecular weight is 209 g/mol. The van der Waals surface area contributed by atoms with Crippen LogP contribution < -0.4 is 5.32 Å². The molecule has 0 aliphatic carbocycles. The van der Waals surface area contributed by atoms with Crippen LogP contribution in [0.1, 0.15) is 26.3 Å². The summed E-state index contributed by atoms with van der Waals surface area (Å²) in [6.45, 7) is 9.18. The third-order valence-corrected chi connectivity index (χ3v) is 1.88. The van der Waals surface area contributed by atoms with E-state index in [1.165, 1.54) is 11.3 Å². The van der Waals surface area contributed by atoms with Gasteiger partial charge in [-0.1, -0.05) is 18.2 Å². The lowest BCUT2D eigenvalue weighted by atomic mass is 10.2. The van der Waals surface area contributed by atoms with E-state index in [2.05, 4.69) is 55.1 Å². The Morgan fingerprint density at radius 1 is 1.27 bits per heavy atom. The molecule has 0 unspecified atom stereocenters. The van der Waals surface area contributed by atoms with E-state index >= 15 is 0 Å². The number of methoxy groups -OCH3 is 1. The molecule has 0 atom stereocenters. The quantitative estimate of drug-likeness (QED) is 0.823. The second-order valence-electron chi connectivity index (χ2n) is 3.69. The number of benzene rings is 1. The van der Waals surface area contributed by atoms with E-state index in [9.17, 15) is 0 Å². The van der Waals surface area contributed by atoms with Gasteiger partial charge in [0.2, 0.25) is 0 Å². The Morgan fingerprint density at radius 2 is 1.80 bits per heavy atom. The van der Waals surface area contributed by atoms with Crippen molar-refractivity contribution >= 4 is 5.69 Å². The fraction of sp³-hybridized carbons (Fsp3) is 0.538. The third kappa shape index (κ3) is 6.97. The molecular weight excluding hydrogens is 186 g/mol. The summed E-state index contributed by atoms with van der Waals surface area (Å²) in [5, 5.41) is 3.37. The van der Waals surface area contributed by atoms with Gasteiger partial charge in [0.05, 0.1) is 0 Å². The van der Waals surface area contributed by atoms with Gasteiger partial charge in [-0.2, -0.15) is 0 Å². The number of nitrogens with one attached hydrogen (secondary N) is 1. The maximum absolute atomic E-state index is 4.54. The lowest BCUT2D eigenvalue weighted by Gasteiger charge is -2.11. The summed E-state index contributed by atoms with van der Waals surface area (Å²) in [6, 6.07) is 8.84. The Morgan fingerprint density at radius 3 is 2.20 bits per heavy atom. The number of para-hydroxylation sites is 1. The molecule has 0 bridgehead atoms. The molecule has 1 aromatic rings. The van der Waals surface area contributed by atoms with Crippen LogP contribution in [0.3, 0.4) is 0 Å². The minimum absolute atomic E-state index is 0.510. The Balaban J connectivity index is 0.000000423. The molecule has 0 heterocycles. The van der Waals surface area contributed by atoms with Crippen molar-refractivity contribution in [3.63, 3.8) is 0 Å². The first-order valence-corrected chi connectivity index (χ1v) is 5.42. The highest BCUT2D eigenvalue weighted by molar-refractivity contribution is 5.50. The van der Waals surface area contributed by atoms with Crippen molar-refractivity contribution in [3.05, 3.63) is 29.8 Å². The zero-order valence-corrected chi connectivity index (χ0v) is 10.5. The Hall–Kier alpha value is -1.02. The number of ether oxygens (including phenoxy) is 1. The van der Waals surface area contributed by atoms with E-state index in [1.54, 1.807) is 7.11 Å². The largest absolute Gasteiger partial charge is 0.385 e. The molecule has 0 spiro atoms. The molecule has 0 radical (unpaired) electrons. The van der Waals surface area contributed by atoms with E-state index in [4.69, 9.17) is 0 Å². The molecule has 0 aliphatic heterocycles. The molecule has 15 heavy (non-hydrogen) atoms. The highest BCUT2D eigenvalue weighted by atomic mass is 16.5. The van der Waals surface area contributed by atoms with Crippen molar-refractivity contribution in [3.8, 4) is 0 Å². The summed E-state index contributed by atoms with van der Waals surface area (Å²) in [5.41, 5.74) is 2.55. The van der Waals surface area contributed by atoms with Gasteiger partial charge >= 0.3 is 0 Å². The van der Waals surface area contributed by atoms with E-state index in [0.717, 1.165) is 6.61 Å². The third-order valence-electron chi connectivity index (χ3n) is 1.88. The number of hydrogen-bond acceptors (Lipinski definition) is 2. The normalized spacial score (nSPS) is 9.47. The molecule has 0 amide bonds. The zero-order valence-electron chi connectivity index (χ0n) is 10.5. The molecule has 1 N–H and O–H groups in total. The average Bonchev–Trinajstić information content (AvgIpc) is 2.21. The van der Waals surface area contributed by atoms with Crippen LogP contribution in [0.15, 0.2) is 24.3 Å². The number of anilines is 1. The van der Waals surface area contributed by atoms with Gasteiger partial charge in [-0.3, -0.25) is 0 Å². The van der Waals surface area contributed by atoms with Crippen LogP contribution in [-0.2, 0) is 4.74 Å². The molecular formula is C13H23NO. The Labute approximate surface area is 93.7 Å². The van der Waals surface area contributed by atoms with E-state index in [0.29, 0.717) is 6.04 Å². The molecule has 1 aromatic carbocycles. The monoisotopic (exact) mass is 209 g/mol. The Bertz CT molecular complexity index is 256. The molecule has 0 aliphatic rings. The van der Waals surface area contributed by atoms with E-state index in [-0.39, 0.29) is 0 Å². The van der Waals surface area contributed by atoms with Gasteiger partial charge in [-0.15, -0.1) is 0 Å². The lowest BCUT2D eigenvalue weighted by molar-refractivity contribution is 0.215. The van der Waals surface area contributed by atoms with Gasteiger partial charge in [0.1, 0.15) is 0 Å².